The van der Waals surface area contributed by atoms with E-state index < -0.39 is 0 Å². The first-order valence-electron chi connectivity index (χ1n) is 21.0. The van der Waals surface area contributed by atoms with Crippen molar-refractivity contribution in [3.05, 3.63) is 206 Å². The van der Waals surface area contributed by atoms with Gasteiger partial charge in [-0.15, -0.1) is 0 Å². The Hall–Kier alpha value is -9.13. The first kappa shape index (κ1) is 35.6. The summed E-state index contributed by atoms with van der Waals surface area (Å²) in [4.78, 5) is 8.79. The lowest BCUT2D eigenvalue weighted by Crippen LogP contribution is -2.26. The predicted octanol–water partition coefficient (Wildman–Crippen LogP) is 15.9. The van der Waals surface area contributed by atoms with E-state index in [1.165, 1.54) is 0 Å². The molecule has 0 atom stereocenters. The summed E-state index contributed by atoms with van der Waals surface area (Å²) in [5.74, 6) is 5.33. The van der Waals surface area contributed by atoms with Crippen LogP contribution in [0.4, 0.5) is 68.2 Å². The highest BCUT2D eigenvalue weighted by Crippen LogP contribution is 2.64. The lowest BCUT2D eigenvalue weighted by atomic mass is 9.97. The van der Waals surface area contributed by atoms with E-state index in [1.54, 1.807) is 0 Å². The molecular weight excluding hydrogens is 795 g/mol. The highest BCUT2D eigenvalue weighted by atomic mass is 16.5. The van der Waals surface area contributed by atoms with Crippen LogP contribution in [-0.4, -0.2) is 0 Å². The van der Waals surface area contributed by atoms with E-state index in [2.05, 4.69) is 56.0 Å². The molecule has 0 saturated heterocycles. The molecule has 4 heterocycles. The van der Waals surface area contributed by atoms with Gasteiger partial charge < -0.3 is 38.5 Å². The molecule has 9 aromatic rings. The maximum atomic E-state index is 12.3. The van der Waals surface area contributed by atoms with Crippen molar-refractivity contribution in [2.75, 3.05) is 19.6 Å². The smallest absolute Gasteiger partial charge is 0.151 e. The average molecular weight is 828 g/mol. The van der Waals surface area contributed by atoms with E-state index in [0.717, 1.165) is 56.9 Å². The zero-order valence-electron chi connectivity index (χ0n) is 33.9. The third kappa shape index (κ3) is 5.23. The van der Waals surface area contributed by atoms with E-state index in [-0.39, 0.29) is 0 Å². The van der Waals surface area contributed by atoms with Crippen LogP contribution in [0.1, 0.15) is 5.56 Å². The molecule has 13 rings (SSSR count). The number of ether oxygens (including phenoxy) is 4. The van der Waals surface area contributed by atoms with Gasteiger partial charge in [0.1, 0.15) is 11.6 Å². The summed E-state index contributed by atoms with van der Waals surface area (Å²) in [5.41, 5.74) is 9.45. The van der Waals surface area contributed by atoms with Crippen LogP contribution in [-0.2, 0) is 0 Å². The van der Waals surface area contributed by atoms with Crippen LogP contribution in [0.2, 0.25) is 0 Å². The number of hydrogen-bond acceptors (Lipinski definition) is 9. The Morgan fingerprint density at radius 2 is 0.469 bits per heavy atom. The number of para-hydroxylation sites is 16. The molecule has 0 bridgehead atoms. The minimum absolute atomic E-state index is 0.397. The Labute approximate surface area is 368 Å². The highest BCUT2D eigenvalue weighted by molar-refractivity contribution is 6.09. The SMILES string of the molecule is N#Cc1c(N2c3ccccc3Oc3ccccc32)c(N2c3ccccc3Oc3ccccc32)cc(N2c3ccccc3Oc3ccccc32)c1N1c2ccccc2Oc2ccccc21. The molecule has 0 N–H and O–H groups in total. The molecule has 0 amide bonds. The van der Waals surface area contributed by atoms with Gasteiger partial charge in [-0.25, -0.2) is 0 Å². The number of hydrogen-bond donors (Lipinski definition) is 0. The van der Waals surface area contributed by atoms with Crippen LogP contribution in [0.5, 0.6) is 46.0 Å². The summed E-state index contributed by atoms with van der Waals surface area (Å²) in [6, 6.07) is 69.1. The summed E-state index contributed by atoms with van der Waals surface area (Å²) in [7, 11) is 0. The number of nitrogens with zero attached hydrogens (tertiary/aromatic N) is 5. The Morgan fingerprint density at radius 3 is 0.688 bits per heavy atom. The lowest BCUT2D eigenvalue weighted by molar-refractivity contribution is 0.475. The van der Waals surface area contributed by atoms with Gasteiger partial charge >= 0.3 is 0 Å². The molecule has 0 radical (unpaired) electrons. The van der Waals surface area contributed by atoms with Crippen LogP contribution in [0.15, 0.2) is 200 Å². The molecule has 64 heavy (non-hydrogen) atoms. The molecule has 0 aromatic heterocycles. The van der Waals surface area contributed by atoms with E-state index in [1.807, 2.05) is 170 Å². The maximum Gasteiger partial charge on any atom is 0.151 e. The quantitative estimate of drug-likeness (QED) is 0.172. The van der Waals surface area contributed by atoms with Gasteiger partial charge in [-0.1, -0.05) is 97.1 Å². The lowest BCUT2D eigenvalue weighted by Gasteiger charge is -2.43. The molecule has 4 aliphatic rings. The first-order valence-corrected chi connectivity index (χ1v) is 21.0. The maximum absolute atomic E-state index is 12.3. The van der Waals surface area contributed by atoms with Crippen LogP contribution < -0.4 is 38.5 Å². The normalized spacial score (nSPS) is 13.4. The number of rotatable bonds is 4. The van der Waals surface area contributed by atoms with Crippen LogP contribution in [0.3, 0.4) is 0 Å². The van der Waals surface area contributed by atoms with Crippen LogP contribution in [0.25, 0.3) is 0 Å². The van der Waals surface area contributed by atoms with Gasteiger partial charge in [0.2, 0.25) is 0 Å². The Morgan fingerprint density at radius 1 is 0.266 bits per heavy atom. The van der Waals surface area contributed by atoms with Crippen molar-refractivity contribution in [1.82, 2.24) is 0 Å². The van der Waals surface area contributed by atoms with Crippen molar-refractivity contribution in [1.29, 1.82) is 5.26 Å². The van der Waals surface area contributed by atoms with Gasteiger partial charge in [-0.05, 0) is 103 Å². The van der Waals surface area contributed by atoms with Crippen molar-refractivity contribution >= 4 is 68.2 Å². The minimum atomic E-state index is 0.397. The summed E-state index contributed by atoms with van der Waals surface area (Å²) in [5, 5.41) is 12.3. The molecule has 9 aromatic carbocycles. The zero-order chi connectivity index (χ0) is 42.3. The second kappa shape index (κ2) is 14.0. The standard InChI is InChI=1S/C55H33N5O4/c56-34-35-54(59-40-21-5-13-29-50(40)63-51-30-14-6-22-41(51)59)44(57-36-17-1-9-25-46(36)61-47-26-10-2-18-37(47)57)33-45(58-38-19-3-11-27-48(38)62-49-28-12-4-20-39(49)58)55(35)60-42-23-7-15-31-52(42)64-53-32-16-8-24-43(53)60/h1-33H. The molecule has 4 aliphatic heterocycles. The second-order valence-corrected chi connectivity index (χ2v) is 15.6. The van der Waals surface area contributed by atoms with Gasteiger partial charge in [0.25, 0.3) is 0 Å². The first-order chi connectivity index (χ1) is 31.7. The second-order valence-electron chi connectivity index (χ2n) is 15.6. The summed E-state index contributed by atoms with van der Waals surface area (Å²) in [6.45, 7) is 0. The van der Waals surface area contributed by atoms with Crippen molar-refractivity contribution < 1.29 is 18.9 Å². The predicted molar refractivity (Wildman–Crippen MR) is 250 cm³/mol. The van der Waals surface area contributed by atoms with Gasteiger partial charge in [0.05, 0.1) is 68.2 Å². The number of nitriles is 1. The van der Waals surface area contributed by atoms with Gasteiger partial charge in [0, 0.05) is 0 Å². The van der Waals surface area contributed by atoms with E-state index in [4.69, 9.17) is 18.9 Å². The van der Waals surface area contributed by atoms with Gasteiger partial charge in [-0.3, -0.25) is 0 Å². The van der Waals surface area contributed by atoms with Crippen molar-refractivity contribution in [2.24, 2.45) is 0 Å². The third-order valence-corrected chi connectivity index (χ3v) is 12.0. The molecule has 0 saturated carbocycles. The summed E-state index contributed by atoms with van der Waals surface area (Å²) < 4.78 is 26.5. The van der Waals surface area contributed by atoms with Crippen molar-refractivity contribution in [3.8, 4) is 52.1 Å². The fourth-order valence-corrected chi connectivity index (χ4v) is 9.35. The minimum Gasteiger partial charge on any atom is -0.453 e. The largest absolute Gasteiger partial charge is 0.453 e. The Bertz CT molecular complexity index is 3040. The van der Waals surface area contributed by atoms with Gasteiger partial charge in [-0.2, -0.15) is 5.26 Å². The molecule has 9 heteroatoms. The number of fused-ring (bicyclic) bond motifs is 8. The molecule has 0 unspecified atom stereocenters. The molecule has 302 valence electrons. The summed E-state index contributed by atoms with van der Waals surface area (Å²) in [6.07, 6.45) is 0. The zero-order valence-corrected chi connectivity index (χ0v) is 33.9. The average Bonchev–Trinajstić information content (AvgIpc) is 3.35. The Kier molecular flexibility index (Phi) is 7.77. The molecule has 0 spiro atoms. The van der Waals surface area contributed by atoms with Gasteiger partial charge in [0.15, 0.2) is 46.0 Å². The van der Waals surface area contributed by atoms with E-state index in [0.29, 0.717) is 62.9 Å². The molecule has 0 fully saturated rings. The van der Waals surface area contributed by atoms with Crippen molar-refractivity contribution in [3.63, 3.8) is 0 Å². The fraction of sp³-hybridized carbons (Fsp3) is 0. The monoisotopic (exact) mass is 827 g/mol. The third-order valence-electron chi connectivity index (χ3n) is 12.0. The highest BCUT2D eigenvalue weighted by Gasteiger charge is 2.41. The topological polar surface area (TPSA) is 73.7 Å². The van der Waals surface area contributed by atoms with E-state index >= 15 is 0 Å². The molecule has 9 nitrogen and oxygen atoms in total. The fourth-order valence-electron chi connectivity index (χ4n) is 9.35. The van der Waals surface area contributed by atoms with Crippen LogP contribution >= 0.6 is 0 Å². The van der Waals surface area contributed by atoms with Crippen LogP contribution in [0, 0.1) is 11.3 Å². The molecule has 0 aliphatic carbocycles. The number of benzene rings is 9. The van der Waals surface area contributed by atoms with E-state index in [9.17, 15) is 5.26 Å². The van der Waals surface area contributed by atoms with Crippen molar-refractivity contribution in [2.45, 2.75) is 0 Å². The Balaban J connectivity index is 1.25. The summed E-state index contributed by atoms with van der Waals surface area (Å²) >= 11 is 0. The number of anilines is 12. The molecular formula is C55H33N5O4.